The van der Waals surface area contributed by atoms with Gasteiger partial charge in [0.2, 0.25) is 23.6 Å². The first-order chi connectivity index (χ1) is 19.6. The lowest BCUT2D eigenvalue weighted by molar-refractivity contribution is -0.136. The number of carbonyl (C=O) groups is 2. The molecule has 0 bridgehead atoms. The molecule has 1 atom stereocenters. The molecule has 0 radical (unpaired) electrons. The number of nitrogens with one attached hydrogen (secondary N) is 3. The van der Waals surface area contributed by atoms with Crippen molar-refractivity contribution in [1.29, 1.82) is 5.26 Å². The van der Waals surface area contributed by atoms with Gasteiger partial charge in [-0.15, -0.1) is 0 Å². The Bertz CT molecular complexity index is 1520. The molecule has 2 heterocycles. The molecule has 2 aromatic carbocycles. The van der Waals surface area contributed by atoms with Crippen molar-refractivity contribution in [3.63, 3.8) is 0 Å². The molecule has 1 saturated heterocycles. The number of aryl methyl sites for hydroxylation is 1. The summed E-state index contributed by atoms with van der Waals surface area (Å²) < 4.78 is 73.3. The number of hydrogen-bond donors (Lipinski definition) is 3. The molecule has 14 heteroatoms. The van der Waals surface area contributed by atoms with E-state index >= 15 is 0 Å². The van der Waals surface area contributed by atoms with Crippen LogP contribution < -0.4 is 16.0 Å². The number of likely N-dealkylation sites (tertiary alicyclic amines) is 1. The largest absolute Gasteiger partial charge is 0.461 e. The highest BCUT2D eigenvalue weighted by atomic mass is 19.2. The molecule has 0 aliphatic carbocycles. The van der Waals surface area contributed by atoms with Gasteiger partial charge in [-0.25, -0.2) is 26.9 Å². The van der Waals surface area contributed by atoms with Crippen LogP contribution in [0, 0.1) is 47.5 Å². The molecule has 3 N–H and O–H groups in total. The molecule has 3 aromatic rings. The van der Waals surface area contributed by atoms with Crippen LogP contribution >= 0.6 is 0 Å². The maximum atomic E-state index is 13.9. The first kappa shape index (κ1) is 29.3. The van der Waals surface area contributed by atoms with Gasteiger partial charge < -0.3 is 20.0 Å². The van der Waals surface area contributed by atoms with Crippen LogP contribution in [0.25, 0.3) is 11.0 Å². The third kappa shape index (κ3) is 6.74. The normalized spacial score (nSPS) is 15.9. The number of hydrogen-bond acceptors (Lipinski definition) is 5. The second kappa shape index (κ2) is 12.7. The molecule has 1 aliphatic heterocycles. The maximum absolute atomic E-state index is 13.9. The molecule has 1 aromatic heterocycles. The van der Waals surface area contributed by atoms with Crippen molar-refractivity contribution in [1.82, 2.24) is 15.5 Å². The summed E-state index contributed by atoms with van der Waals surface area (Å²) >= 11 is 0. The third-order valence-corrected chi connectivity index (χ3v) is 6.45. The van der Waals surface area contributed by atoms with Crippen molar-refractivity contribution in [2.45, 2.75) is 38.6 Å². The molecule has 0 spiro atoms. The Labute approximate surface area is 231 Å². The second-order valence-corrected chi connectivity index (χ2v) is 9.37. The van der Waals surface area contributed by atoms with E-state index < -0.39 is 72.0 Å². The number of nitrogens with zero attached hydrogens (tertiary/aromatic N) is 3. The number of carbonyl (C=O) groups excluding carboxylic acids is 2. The van der Waals surface area contributed by atoms with Crippen molar-refractivity contribution in [2.75, 3.05) is 25.0 Å². The zero-order chi connectivity index (χ0) is 29.7. The van der Waals surface area contributed by atoms with Crippen molar-refractivity contribution in [3.05, 3.63) is 64.7 Å². The van der Waals surface area contributed by atoms with Crippen molar-refractivity contribution < 1.29 is 36.0 Å². The van der Waals surface area contributed by atoms with E-state index in [0.717, 1.165) is 11.1 Å². The fourth-order valence-corrected chi connectivity index (χ4v) is 4.48. The number of rotatable bonds is 7. The minimum Gasteiger partial charge on any atom is -0.461 e. The van der Waals surface area contributed by atoms with Gasteiger partial charge in [-0.3, -0.25) is 14.9 Å². The predicted octanol–water partition coefficient (Wildman–Crippen LogP) is 4.02. The highest BCUT2D eigenvalue weighted by molar-refractivity contribution is 5.98. The van der Waals surface area contributed by atoms with Gasteiger partial charge in [0.25, 0.3) is 0 Å². The number of furan rings is 1. The third-order valence-electron chi connectivity index (χ3n) is 6.45. The Balaban J connectivity index is 1.40. The number of anilines is 1. The lowest BCUT2D eigenvalue weighted by Gasteiger charge is -2.22. The Morgan fingerprint density at radius 2 is 1.80 bits per heavy atom. The van der Waals surface area contributed by atoms with Crippen molar-refractivity contribution in [2.24, 2.45) is 4.99 Å². The Morgan fingerprint density at radius 1 is 1.10 bits per heavy atom. The Hall–Kier alpha value is -4.67. The Kier molecular flexibility index (Phi) is 9.06. The second-order valence-electron chi connectivity index (χ2n) is 9.37. The minimum atomic E-state index is -2.26. The van der Waals surface area contributed by atoms with E-state index in [9.17, 15) is 36.8 Å². The SMILES string of the molecule is Cc1cc2cc(NC(=N[C@H]3CCCCN(CC(=O)NCCc4c(F)c(F)c(F)c(F)c4F)C3=O)NC#N)ccc2o1. The van der Waals surface area contributed by atoms with Crippen molar-refractivity contribution >= 4 is 34.4 Å². The molecule has 4 rings (SSSR count). The zero-order valence-corrected chi connectivity index (χ0v) is 21.8. The van der Waals surface area contributed by atoms with Gasteiger partial charge >= 0.3 is 0 Å². The molecule has 41 heavy (non-hydrogen) atoms. The smallest absolute Gasteiger partial charge is 0.247 e. The molecule has 9 nitrogen and oxygen atoms in total. The number of fused-ring (bicyclic) bond motifs is 1. The molecule has 0 unspecified atom stereocenters. The van der Waals surface area contributed by atoms with Crippen LogP contribution in [0.4, 0.5) is 27.6 Å². The van der Waals surface area contributed by atoms with Gasteiger partial charge in [0.05, 0.1) is 6.54 Å². The quantitative estimate of drug-likeness (QED) is 0.0743. The van der Waals surface area contributed by atoms with E-state index in [1.807, 2.05) is 13.0 Å². The average molecular weight is 577 g/mol. The Morgan fingerprint density at radius 3 is 2.51 bits per heavy atom. The van der Waals surface area contributed by atoms with Gasteiger partial charge in [-0.05, 0) is 56.9 Å². The van der Waals surface area contributed by atoms with Gasteiger partial charge in [-0.1, -0.05) is 0 Å². The molecule has 1 aliphatic rings. The first-order valence-electron chi connectivity index (χ1n) is 12.6. The summed E-state index contributed by atoms with van der Waals surface area (Å²) in [5.41, 5.74) is 0.222. The van der Waals surface area contributed by atoms with Crippen LogP contribution in [0.1, 0.15) is 30.6 Å². The summed E-state index contributed by atoms with van der Waals surface area (Å²) in [6.45, 7) is 1.21. The molecule has 2 amide bonds. The van der Waals surface area contributed by atoms with E-state index in [1.54, 1.807) is 24.4 Å². The highest BCUT2D eigenvalue weighted by Crippen LogP contribution is 2.24. The number of nitriles is 1. The summed E-state index contributed by atoms with van der Waals surface area (Å²) in [7, 11) is 0. The lowest BCUT2D eigenvalue weighted by atomic mass is 10.1. The molecular weight excluding hydrogens is 551 g/mol. The van der Waals surface area contributed by atoms with Crippen LogP contribution in [0.2, 0.25) is 0 Å². The van der Waals surface area contributed by atoms with Gasteiger partial charge in [0, 0.05) is 29.7 Å². The summed E-state index contributed by atoms with van der Waals surface area (Å²) in [6, 6.07) is 6.19. The van der Waals surface area contributed by atoms with Gasteiger partial charge in [0.1, 0.15) is 17.4 Å². The molecule has 1 fully saturated rings. The summed E-state index contributed by atoms with van der Waals surface area (Å²) in [5, 5.41) is 17.8. The van der Waals surface area contributed by atoms with Gasteiger partial charge in [0.15, 0.2) is 29.5 Å². The number of amides is 2. The predicted molar refractivity (Wildman–Crippen MR) is 138 cm³/mol. The van der Waals surface area contributed by atoms with Crippen LogP contribution in [-0.4, -0.2) is 48.3 Å². The van der Waals surface area contributed by atoms with Crippen LogP contribution in [0.15, 0.2) is 33.7 Å². The standard InChI is InChI=1S/C27H25F5N6O3/c1-14-10-15-11-16(5-6-19(15)41-14)36-27(35-13-33)37-18-4-2-3-9-38(26(18)40)12-20(39)34-8-7-17-21(28)23(30)25(32)24(31)22(17)29/h5-6,10-11,18H,2-4,7-9,12H2,1H3,(H,34,39)(H2,35,36,37)/t18-/m0/s1. The van der Waals surface area contributed by atoms with Gasteiger partial charge in [-0.2, -0.15) is 5.26 Å². The maximum Gasteiger partial charge on any atom is 0.247 e. The minimum absolute atomic E-state index is 0.0273. The summed E-state index contributed by atoms with van der Waals surface area (Å²) in [5.74, 6) is -10.7. The average Bonchev–Trinajstić information content (AvgIpc) is 3.23. The monoisotopic (exact) mass is 576 g/mol. The van der Waals surface area contributed by atoms with E-state index in [1.165, 1.54) is 4.90 Å². The van der Waals surface area contributed by atoms with E-state index in [0.29, 0.717) is 30.5 Å². The number of aliphatic imine (C=N–C) groups is 1. The molecule has 0 saturated carbocycles. The van der Waals surface area contributed by atoms with Crippen molar-refractivity contribution in [3.8, 4) is 6.19 Å². The first-order valence-corrected chi connectivity index (χ1v) is 12.6. The highest BCUT2D eigenvalue weighted by Gasteiger charge is 2.29. The fraction of sp³-hybridized carbons (Fsp3) is 0.333. The van der Waals surface area contributed by atoms with E-state index in [-0.39, 0.29) is 12.5 Å². The molecule has 216 valence electrons. The topological polar surface area (TPSA) is 123 Å². The summed E-state index contributed by atoms with van der Waals surface area (Å²) in [6.07, 6.45) is 2.66. The van der Waals surface area contributed by atoms with Crippen LogP contribution in [0.5, 0.6) is 0 Å². The number of benzene rings is 2. The van der Waals surface area contributed by atoms with Crippen LogP contribution in [0.3, 0.4) is 0 Å². The molecular formula is C27H25F5N6O3. The van der Waals surface area contributed by atoms with E-state index in [4.69, 9.17) is 4.42 Å². The zero-order valence-electron chi connectivity index (χ0n) is 21.8. The number of halogens is 5. The summed E-state index contributed by atoms with van der Waals surface area (Å²) in [4.78, 5) is 31.4. The van der Waals surface area contributed by atoms with E-state index in [2.05, 4.69) is 20.9 Å². The number of guanidine groups is 1. The van der Waals surface area contributed by atoms with Crippen LogP contribution in [-0.2, 0) is 16.0 Å². The fourth-order valence-electron chi connectivity index (χ4n) is 4.48. The lowest BCUT2D eigenvalue weighted by Crippen LogP contribution is -2.45.